The molecule has 1 amide bonds. The molecule has 0 heterocycles. The van der Waals surface area contributed by atoms with Crippen LogP contribution in [0.3, 0.4) is 0 Å². The molecule has 0 saturated heterocycles. The Morgan fingerprint density at radius 1 is 0.879 bits per heavy atom. The summed E-state index contributed by atoms with van der Waals surface area (Å²) in [7, 11) is 0. The molecule has 0 radical (unpaired) electrons. The van der Waals surface area contributed by atoms with Crippen LogP contribution in [0.1, 0.15) is 37.8 Å². The maximum Gasteiger partial charge on any atom is 0.407 e. The van der Waals surface area contributed by atoms with E-state index >= 15 is 0 Å². The Morgan fingerprint density at radius 3 is 2.00 bits per heavy atom. The molecule has 0 saturated carbocycles. The number of hydrogen-bond donors (Lipinski definition) is 3. The van der Waals surface area contributed by atoms with Crippen LogP contribution in [-0.2, 0) is 9.62 Å². The third-order valence-corrected chi connectivity index (χ3v) is 6.00. The summed E-state index contributed by atoms with van der Waals surface area (Å²) in [5, 5.41) is 11.2. The van der Waals surface area contributed by atoms with E-state index in [2.05, 4.69) is 22.8 Å². The quantitative estimate of drug-likeness (QED) is 0.209. The molecule has 3 aromatic rings. The summed E-state index contributed by atoms with van der Waals surface area (Å²) in [6, 6.07) is 20.7. The molecule has 1 aliphatic carbocycles. The molecular weight excluding hydrogens is 442 g/mol. The van der Waals surface area contributed by atoms with Gasteiger partial charge in [0, 0.05) is 17.2 Å². The second kappa shape index (κ2) is 9.89. The highest BCUT2D eigenvalue weighted by Crippen LogP contribution is 2.44. The number of benzene rings is 3. The normalized spacial score (nSPS) is 12.9. The molecule has 3 aromatic carbocycles. The predicted molar refractivity (Wildman–Crippen MR) is 125 cm³/mol. The van der Waals surface area contributed by atoms with Crippen molar-refractivity contribution in [2.45, 2.75) is 12.0 Å². The van der Waals surface area contributed by atoms with E-state index in [1.165, 1.54) is 18.2 Å². The third kappa shape index (κ3) is 4.48. The fraction of sp³-hybridized carbons (Fsp3) is 0.160. The first kappa shape index (κ1) is 22.6. The molecule has 33 heavy (non-hydrogen) atoms. The molecule has 168 valence electrons. The van der Waals surface area contributed by atoms with Gasteiger partial charge in [-0.05, 0) is 28.3 Å². The van der Waals surface area contributed by atoms with Gasteiger partial charge in [0.05, 0.1) is 5.56 Å². The highest BCUT2D eigenvalue weighted by atomic mass is 32.1. The number of carbonyl (C=O) groups excluding carboxylic acids is 3. The summed E-state index contributed by atoms with van der Waals surface area (Å²) in [6.45, 7) is 0.0980. The summed E-state index contributed by atoms with van der Waals surface area (Å²) < 4.78 is 5.49. The Morgan fingerprint density at radius 2 is 1.42 bits per heavy atom. The van der Waals surface area contributed by atoms with Crippen molar-refractivity contribution in [3.8, 4) is 11.1 Å². The van der Waals surface area contributed by atoms with Crippen molar-refractivity contribution < 1.29 is 29.3 Å². The summed E-state index contributed by atoms with van der Waals surface area (Å²) in [5.41, 5.74) is 4.24. The number of fused-ring (bicyclic) bond motifs is 3. The zero-order valence-electron chi connectivity index (χ0n) is 17.4. The average Bonchev–Trinajstić information content (AvgIpc) is 3.18. The number of rotatable bonds is 7. The van der Waals surface area contributed by atoms with Crippen molar-refractivity contribution >= 4 is 30.5 Å². The molecule has 0 spiro atoms. The second-order valence-corrected chi connectivity index (χ2v) is 7.86. The van der Waals surface area contributed by atoms with Gasteiger partial charge in [0.15, 0.2) is 5.78 Å². The van der Waals surface area contributed by atoms with Gasteiger partial charge in [-0.2, -0.15) is 17.9 Å². The summed E-state index contributed by atoms with van der Waals surface area (Å²) in [6.07, 6.45) is -0.772. The first-order valence-corrected chi connectivity index (χ1v) is 10.9. The van der Waals surface area contributed by atoms with Crippen LogP contribution in [0.5, 0.6) is 0 Å². The molecule has 1 unspecified atom stereocenters. The molecule has 2 N–H and O–H groups in total. The summed E-state index contributed by atoms with van der Waals surface area (Å²) in [5.74, 6) is -1.77. The lowest BCUT2D eigenvalue weighted by Gasteiger charge is -2.18. The van der Waals surface area contributed by atoms with Gasteiger partial charge in [0.2, 0.25) is 0 Å². The maximum absolute atomic E-state index is 12.9. The zero-order chi connectivity index (χ0) is 23.4. The van der Waals surface area contributed by atoms with E-state index < -0.39 is 23.9 Å². The molecule has 7 nitrogen and oxygen atoms in total. The predicted octanol–water partition coefficient (Wildman–Crippen LogP) is 4.34. The number of ketones is 1. The van der Waals surface area contributed by atoms with Crippen LogP contribution in [0.2, 0.25) is 0 Å². The highest BCUT2D eigenvalue weighted by Gasteiger charge is 2.30. The van der Waals surface area contributed by atoms with Crippen molar-refractivity contribution in [3.63, 3.8) is 0 Å². The van der Waals surface area contributed by atoms with Crippen molar-refractivity contribution in [2.24, 2.45) is 0 Å². The fourth-order valence-corrected chi connectivity index (χ4v) is 4.35. The van der Waals surface area contributed by atoms with E-state index in [9.17, 15) is 14.4 Å². The SMILES string of the molecule is O=C(NC(CS)C(=O)c1ccccc1C(=O)OO)OCC1c2ccccc2-c2ccccc21. The molecule has 1 atom stereocenters. The van der Waals surface area contributed by atoms with E-state index in [4.69, 9.17) is 9.99 Å². The van der Waals surface area contributed by atoms with Gasteiger partial charge < -0.3 is 10.1 Å². The molecule has 8 heteroatoms. The number of thiol groups is 1. The average molecular weight is 464 g/mol. The largest absolute Gasteiger partial charge is 0.449 e. The number of Topliss-reactive ketones (excluding diaryl/α,β-unsaturated/α-hetero) is 1. The molecular formula is C25H21NO6S. The van der Waals surface area contributed by atoms with Crippen LogP contribution in [0.15, 0.2) is 72.8 Å². The molecule has 0 aliphatic heterocycles. The zero-order valence-corrected chi connectivity index (χ0v) is 18.3. The van der Waals surface area contributed by atoms with Gasteiger partial charge in [-0.25, -0.2) is 9.59 Å². The van der Waals surface area contributed by atoms with E-state index in [1.54, 1.807) is 6.07 Å². The summed E-state index contributed by atoms with van der Waals surface area (Å²) >= 11 is 4.16. The first-order valence-electron chi connectivity index (χ1n) is 10.3. The number of alkyl carbamates (subject to hydrolysis) is 1. The number of hydrogen-bond acceptors (Lipinski definition) is 7. The van der Waals surface area contributed by atoms with Crippen molar-refractivity contribution in [1.29, 1.82) is 0 Å². The van der Waals surface area contributed by atoms with Crippen LogP contribution >= 0.6 is 12.6 Å². The summed E-state index contributed by atoms with van der Waals surface area (Å²) in [4.78, 5) is 41.0. The second-order valence-electron chi connectivity index (χ2n) is 7.49. The Hall–Kier alpha value is -3.62. The van der Waals surface area contributed by atoms with Gasteiger partial charge >= 0.3 is 12.1 Å². The lowest BCUT2D eigenvalue weighted by molar-refractivity contribution is -0.182. The van der Waals surface area contributed by atoms with Gasteiger partial charge in [-0.15, -0.1) is 0 Å². The van der Waals surface area contributed by atoms with Crippen molar-refractivity contribution in [1.82, 2.24) is 5.32 Å². The number of carbonyl (C=O) groups is 3. The number of ether oxygens (including phenoxy) is 1. The van der Waals surface area contributed by atoms with Crippen LogP contribution < -0.4 is 5.32 Å². The van der Waals surface area contributed by atoms with Crippen LogP contribution in [0, 0.1) is 0 Å². The fourth-order valence-electron chi connectivity index (χ4n) is 4.09. The minimum atomic E-state index is -1.07. The van der Waals surface area contributed by atoms with Gasteiger partial charge in [0.1, 0.15) is 12.6 Å². The number of amides is 1. The van der Waals surface area contributed by atoms with Crippen molar-refractivity contribution in [3.05, 3.63) is 95.1 Å². The number of nitrogens with one attached hydrogen (secondary N) is 1. The van der Waals surface area contributed by atoms with Crippen LogP contribution in [-0.4, -0.2) is 41.5 Å². The van der Waals surface area contributed by atoms with E-state index in [-0.39, 0.29) is 29.4 Å². The lowest BCUT2D eigenvalue weighted by atomic mass is 9.98. The molecule has 0 bridgehead atoms. The maximum atomic E-state index is 12.9. The van der Waals surface area contributed by atoms with Crippen LogP contribution in [0.25, 0.3) is 11.1 Å². The Balaban J connectivity index is 1.46. The van der Waals surface area contributed by atoms with E-state index in [0.717, 1.165) is 22.3 Å². The Kier molecular flexibility index (Phi) is 6.76. The van der Waals surface area contributed by atoms with E-state index in [0.29, 0.717) is 0 Å². The van der Waals surface area contributed by atoms with Crippen LogP contribution in [0.4, 0.5) is 4.79 Å². The Bertz CT molecular complexity index is 1170. The topological polar surface area (TPSA) is 102 Å². The molecule has 4 rings (SSSR count). The molecule has 1 aliphatic rings. The van der Waals surface area contributed by atoms with Gasteiger partial charge in [-0.3, -0.25) is 9.68 Å². The van der Waals surface area contributed by atoms with Crippen molar-refractivity contribution in [2.75, 3.05) is 12.4 Å². The molecule has 0 aromatic heterocycles. The third-order valence-electron chi connectivity index (χ3n) is 5.63. The van der Waals surface area contributed by atoms with Gasteiger partial charge in [-0.1, -0.05) is 66.7 Å². The standard InChI is InChI=1S/C25H21NO6S/c27-23(19-11-5-6-12-20(19)24(28)32-30)22(14-33)26-25(29)31-13-21-17-9-3-1-7-15(17)16-8-2-4-10-18(16)21/h1-12,21-22,30,33H,13-14H2,(H,26,29). The molecule has 0 fully saturated rings. The van der Waals surface area contributed by atoms with Gasteiger partial charge in [0.25, 0.3) is 0 Å². The Labute approximate surface area is 195 Å². The smallest absolute Gasteiger partial charge is 0.407 e. The first-order chi connectivity index (χ1) is 16.0. The lowest BCUT2D eigenvalue weighted by Crippen LogP contribution is -2.43. The highest BCUT2D eigenvalue weighted by molar-refractivity contribution is 7.80. The monoisotopic (exact) mass is 463 g/mol. The minimum Gasteiger partial charge on any atom is -0.449 e. The van der Waals surface area contributed by atoms with E-state index in [1.807, 2.05) is 48.5 Å². The minimum absolute atomic E-state index is 0.00505.